The molecule has 0 aliphatic carbocycles. The summed E-state index contributed by atoms with van der Waals surface area (Å²) in [7, 11) is 1.78. The van der Waals surface area contributed by atoms with Crippen LogP contribution in [0.15, 0.2) is 10.7 Å². The maximum atomic E-state index is 12.3. The van der Waals surface area contributed by atoms with Crippen LogP contribution in [0.3, 0.4) is 0 Å². The van der Waals surface area contributed by atoms with E-state index in [1.165, 1.54) is 0 Å². The summed E-state index contributed by atoms with van der Waals surface area (Å²) in [5.41, 5.74) is 6.26. The standard InChI is InChI=1S/C11H17BrN4O.ClH/c1-15-10(9(12)7-14-15)11(17)16-4-2-8(6-13)3-5-16;/h7-8H,2-6,13H2,1H3;1H. The summed E-state index contributed by atoms with van der Waals surface area (Å²) in [6, 6.07) is 0. The van der Waals surface area contributed by atoms with E-state index in [1.807, 2.05) is 4.90 Å². The van der Waals surface area contributed by atoms with Crippen molar-refractivity contribution in [3.8, 4) is 0 Å². The summed E-state index contributed by atoms with van der Waals surface area (Å²) in [4.78, 5) is 14.2. The number of piperidine rings is 1. The minimum Gasteiger partial charge on any atom is -0.337 e. The second-order valence-electron chi connectivity index (χ2n) is 4.44. The van der Waals surface area contributed by atoms with Crippen molar-refractivity contribution < 1.29 is 4.79 Å². The highest BCUT2D eigenvalue weighted by Crippen LogP contribution is 2.21. The van der Waals surface area contributed by atoms with Gasteiger partial charge in [0.25, 0.3) is 5.91 Å². The number of aromatic nitrogens is 2. The van der Waals surface area contributed by atoms with Crippen LogP contribution in [0.2, 0.25) is 0 Å². The molecule has 1 amide bonds. The number of halogens is 2. The van der Waals surface area contributed by atoms with Crippen LogP contribution in [0, 0.1) is 5.92 Å². The highest BCUT2D eigenvalue weighted by molar-refractivity contribution is 9.10. The summed E-state index contributed by atoms with van der Waals surface area (Å²) in [6.07, 6.45) is 3.65. The molecule has 1 aliphatic rings. The maximum absolute atomic E-state index is 12.3. The summed E-state index contributed by atoms with van der Waals surface area (Å²) in [5, 5.41) is 4.07. The Bertz CT molecular complexity index is 396. The van der Waals surface area contributed by atoms with Gasteiger partial charge in [-0.1, -0.05) is 0 Å². The molecular weight excluding hydrogens is 320 g/mol. The van der Waals surface area contributed by atoms with E-state index in [-0.39, 0.29) is 18.3 Å². The molecular formula is C11H18BrClN4O. The molecule has 0 saturated carbocycles. The SMILES string of the molecule is Cl.Cn1ncc(Br)c1C(=O)N1CCC(CN)CC1. The number of carbonyl (C=O) groups is 1. The summed E-state index contributed by atoms with van der Waals surface area (Å²) in [5.74, 6) is 0.612. The van der Waals surface area contributed by atoms with Gasteiger partial charge >= 0.3 is 0 Å². The Morgan fingerprint density at radius 2 is 2.17 bits per heavy atom. The molecule has 18 heavy (non-hydrogen) atoms. The van der Waals surface area contributed by atoms with Crippen LogP contribution >= 0.6 is 28.3 Å². The molecule has 1 saturated heterocycles. The smallest absolute Gasteiger partial charge is 0.273 e. The van der Waals surface area contributed by atoms with Crippen molar-refractivity contribution in [3.05, 3.63) is 16.4 Å². The van der Waals surface area contributed by atoms with Crippen molar-refractivity contribution in [2.45, 2.75) is 12.8 Å². The molecule has 1 aliphatic heterocycles. The molecule has 0 radical (unpaired) electrons. The predicted octanol–water partition coefficient (Wildman–Crippen LogP) is 1.42. The molecule has 5 nitrogen and oxygen atoms in total. The Balaban J connectivity index is 0.00000162. The van der Waals surface area contributed by atoms with Gasteiger partial charge in [0.1, 0.15) is 5.69 Å². The number of hydrogen-bond acceptors (Lipinski definition) is 3. The molecule has 102 valence electrons. The van der Waals surface area contributed by atoms with Gasteiger partial charge in [-0.3, -0.25) is 9.48 Å². The van der Waals surface area contributed by atoms with Crippen molar-refractivity contribution >= 4 is 34.2 Å². The van der Waals surface area contributed by atoms with Crippen molar-refractivity contribution in [2.75, 3.05) is 19.6 Å². The number of nitrogens with zero attached hydrogens (tertiary/aromatic N) is 3. The molecule has 2 N–H and O–H groups in total. The molecule has 0 unspecified atom stereocenters. The van der Waals surface area contributed by atoms with E-state index in [0.717, 1.165) is 36.9 Å². The normalized spacial score (nSPS) is 16.5. The van der Waals surface area contributed by atoms with Gasteiger partial charge in [0.2, 0.25) is 0 Å². The molecule has 2 heterocycles. The number of carbonyl (C=O) groups excluding carboxylic acids is 1. The molecule has 1 aromatic rings. The molecule has 0 atom stereocenters. The van der Waals surface area contributed by atoms with E-state index in [2.05, 4.69) is 21.0 Å². The lowest BCUT2D eigenvalue weighted by Gasteiger charge is -2.31. The van der Waals surface area contributed by atoms with Crippen molar-refractivity contribution in [1.29, 1.82) is 0 Å². The first-order valence-electron chi connectivity index (χ1n) is 5.80. The molecule has 1 aromatic heterocycles. The summed E-state index contributed by atoms with van der Waals surface area (Å²) >= 11 is 3.36. The third-order valence-corrected chi connectivity index (χ3v) is 3.91. The van der Waals surface area contributed by atoms with E-state index >= 15 is 0 Å². The predicted molar refractivity (Wildman–Crippen MR) is 75.8 cm³/mol. The van der Waals surface area contributed by atoms with Gasteiger partial charge < -0.3 is 10.6 Å². The first kappa shape index (κ1) is 15.5. The number of nitrogens with two attached hydrogens (primary N) is 1. The quantitative estimate of drug-likeness (QED) is 0.887. The third kappa shape index (κ3) is 3.05. The van der Waals surface area contributed by atoms with Crippen molar-refractivity contribution in [1.82, 2.24) is 14.7 Å². The lowest BCUT2D eigenvalue weighted by Crippen LogP contribution is -2.40. The average Bonchev–Trinajstić information content (AvgIpc) is 2.68. The summed E-state index contributed by atoms with van der Waals surface area (Å²) in [6.45, 7) is 2.30. The maximum Gasteiger partial charge on any atom is 0.273 e. The van der Waals surface area contributed by atoms with E-state index in [0.29, 0.717) is 11.6 Å². The molecule has 1 fully saturated rings. The van der Waals surface area contributed by atoms with Gasteiger partial charge in [0.05, 0.1) is 10.7 Å². The zero-order chi connectivity index (χ0) is 12.4. The van der Waals surface area contributed by atoms with Crippen LogP contribution in [0.5, 0.6) is 0 Å². The van der Waals surface area contributed by atoms with E-state index in [1.54, 1.807) is 17.9 Å². The molecule has 0 bridgehead atoms. The Labute approximate surface area is 121 Å². The van der Waals surface area contributed by atoms with Gasteiger partial charge in [-0.2, -0.15) is 5.10 Å². The summed E-state index contributed by atoms with van der Waals surface area (Å²) < 4.78 is 2.37. The highest BCUT2D eigenvalue weighted by Gasteiger charge is 2.26. The van der Waals surface area contributed by atoms with Crippen LogP contribution in [0.1, 0.15) is 23.3 Å². The van der Waals surface area contributed by atoms with Crippen LogP contribution in [-0.4, -0.2) is 40.2 Å². The van der Waals surface area contributed by atoms with Crippen molar-refractivity contribution in [2.24, 2.45) is 18.7 Å². The monoisotopic (exact) mass is 336 g/mol. The van der Waals surface area contributed by atoms with Gasteiger partial charge in [-0.05, 0) is 41.2 Å². The lowest BCUT2D eigenvalue weighted by atomic mass is 9.97. The zero-order valence-electron chi connectivity index (χ0n) is 10.3. The average molecular weight is 338 g/mol. The van der Waals surface area contributed by atoms with Crippen molar-refractivity contribution in [3.63, 3.8) is 0 Å². The molecule has 0 spiro atoms. The van der Waals surface area contributed by atoms with Gasteiger partial charge in [0, 0.05) is 20.1 Å². The second-order valence-corrected chi connectivity index (χ2v) is 5.29. The minimum atomic E-state index is 0. The Kier molecular flexibility index (Phi) is 5.62. The Morgan fingerprint density at radius 1 is 1.56 bits per heavy atom. The van der Waals surface area contributed by atoms with Gasteiger partial charge in [-0.15, -0.1) is 12.4 Å². The first-order valence-corrected chi connectivity index (χ1v) is 6.59. The number of amides is 1. The van der Waals surface area contributed by atoms with Crippen LogP contribution in [-0.2, 0) is 7.05 Å². The van der Waals surface area contributed by atoms with E-state index < -0.39 is 0 Å². The fourth-order valence-electron chi connectivity index (χ4n) is 2.17. The molecule has 7 heteroatoms. The number of aryl methyl sites for hydroxylation is 1. The first-order chi connectivity index (χ1) is 8.13. The fourth-order valence-corrected chi connectivity index (χ4v) is 2.69. The van der Waals surface area contributed by atoms with Crippen LogP contribution in [0.25, 0.3) is 0 Å². The van der Waals surface area contributed by atoms with Gasteiger partial charge in [0.15, 0.2) is 0 Å². The highest BCUT2D eigenvalue weighted by atomic mass is 79.9. The topological polar surface area (TPSA) is 64.2 Å². The number of likely N-dealkylation sites (tertiary alicyclic amines) is 1. The van der Waals surface area contributed by atoms with Crippen LogP contribution < -0.4 is 5.73 Å². The molecule has 2 rings (SSSR count). The molecule has 0 aromatic carbocycles. The minimum absolute atomic E-state index is 0. The lowest BCUT2D eigenvalue weighted by molar-refractivity contribution is 0.0681. The van der Waals surface area contributed by atoms with E-state index in [4.69, 9.17) is 5.73 Å². The number of hydrogen-bond donors (Lipinski definition) is 1. The zero-order valence-corrected chi connectivity index (χ0v) is 12.7. The van der Waals surface area contributed by atoms with Gasteiger partial charge in [-0.25, -0.2) is 0 Å². The third-order valence-electron chi connectivity index (χ3n) is 3.33. The van der Waals surface area contributed by atoms with E-state index in [9.17, 15) is 4.79 Å². The second kappa shape index (κ2) is 6.54. The Morgan fingerprint density at radius 3 is 2.61 bits per heavy atom. The Hall–Kier alpha value is -0.590. The fraction of sp³-hybridized carbons (Fsp3) is 0.636. The van der Waals surface area contributed by atoms with Crippen LogP contribution in [0.4, 0.5) is 0 Å². The largest absolute Gasteiger partial charge is 0.337 e. The number of rotatable bonds is 2.